The molecule has 1 atom stereocenters. The minimum Gasteiger partial charge on any atom is -0.392 e. The Labute approximate surface area is 129 Å². The summed E-state index contributed by atoms with van der Waals surface area (Å²) in [7, 11) is 1.62. The zero-order valence-electron chi connectivity index (χ0n) is 12.6. The molecular weight excluding hydrogens is 290 g/mol. The molecule has 21 heavy (non-hydrogen) atoms. The molecule has 1 saturated heterocycles. The molecule has 0 saturated carbocycles. The third-order valence-electron chi connectivity index (χ3n) is 3.64. The van der Waals surface area contributed by atoms with Gasteiger partial charge in [0.15, 0.2) is 0 Å². The van der Waals surface area contributed by atoms with Crippen molar-refractivity contribution in [1.82, 2.24) is 14.8 Å². The van der Waals surface area contributed by atoms with E-state index in [9.17, 15) is 9.90 Å². The number of aromatic nitrogens is 1. The SMILES string of the molecule is CC[C@@H](O)CN1CCN(C(=O)c2csc(COC)n2)CC1. The highest BCUT2D eigenvalue weighted by molar-refractivity contribution is 7.09. The average molecular weight is 313 g/mol. The molecule has 6 nitrogen and oxygen atoms in total. The molecule has 0 aliphatic carbocycles. The van der Waals surface area contributed by atoms with E-state index in [4.69, 9.17) is 4.74 Å². The lowest BCUT2D eigenvalue weighted by molar-refractivity contribution is 0.0519. The minimum atomic E-state index is -0.276. The fourth-order valence-electron chi connectivity index (χ4n) is 2.32. The molecule has 0 radical (unpaired) electrons. The lowest BCUT2D eigenvalue weighted by Gasteiger charge is -2.35. The predicted molar refractivity (Wildman–Crippen MR) is 81.5 cm³/mol. The van der Waals surface area contributed by atoms with Crippen LogP contribution >= 0.6 is 11.3 Å². The quantitative estimate of drug-likeness (QED) is 0.842. The van der Waals surface area contributed by atoms with Crippen molar-refractivity contribution in [3.8, 4) is 0 Å². The summed E-state index contributed by atoms with van der Waals surface area (Å²) in [6.45, 7) is 6.09. The van der Waals surface area contributed by atoms with Gasteiger partial charge in [-0.3, -0.25) is 9.69 Å². The zero-order valence-corrected chi connectivity index (χ0v) is 13.4. The molecule has 2 rings (SSSR count). The second kappa shape index (κ2) is 7.84. The summed E-state index contributed by atoms with van der Waals surface area (Å²) >= 11 is 1.45. The Kier molecular flexibility index (Phi) is 6.10. The maximum absolute atomic E-state index is 12.4. The first-order chi connectivity index (χ1) is 10.1. The number of methoxy groups -OCH3 is 1. The summed E-state index contributed by atoms with van der Waals surface area (Å²) in [5.41, 5.74) is 0.508. The van der Waals surface area contributed by atoms with Crippen molar-refractivity contribution in [2.75, 3.05) is 39.8 Å². The maximum atomic E-state index is 12.4. The van der Waals surface area contributed by atoms with E-state index < -0.39 is 0 Å². The number of carbonyl (C=O) groups excluding carboxylic acids is 1. The van der Waals surface area contributed by atoms with Gasteiger partial charge in [0, 0.05) is 45.2 Å². The topological polar surface area (TPSA) is 65.9 Å². The number of piperazine rings is 1. The van der Waals surface area contributed by atoms with Crippen LogP contribution in [0.15, 0.2) is 5.38 Å². The van der Waals surface area contributed by atoms with Crippen LogP contribution in [0.4, 0.5) is 0 Å². The van der Waals surface area contributed by atoms with Gasteiger partial charge in [-0.2, -0.15) is 0 Å². The van der Waals surface area contributed by atoms with Crippen LogP contribution in [0.5, 0.6) is 0 Å². The maximum Gasteiger partial charge on any atom is 0.273 e. The molecule has 2 heterocycles. The van der Waals surface area contributed by atoms with E-state index in [1.165, 1.54) is 11.3 Å². The van der Waals surface area contributed by atoms with E-state index >= 15 is 0 Å². The molecule has 0 spiro atoms. The first-order valence-corrected chi connectivity index (χ1v) is 8.15. The Balaban J connectivity index is 1.84. The Morgan fingerprint density at radius 1 is 1.48 bits per heavy atom. The fourth-order valence-corrected chi connectivity index (χ4v) is 3.06. The summed E-state index contributed by atoms with van der Waals surface area (Å²) in [6.07, 6.45) is 0.489. The van der Waals surface area contributed by atoms with Gasteiger partial charge in [0.2, 0.25) is 0 Å². The summed E-state index contributed by atoms with van der Waals surface area (Å²) in [4.78, 5) is 20.7. The van der Waals surface area contributed by atoms with Gasteiger partial charge < -0.3 is 14.7 Å². The smallest absolute Gasteiger partial charge is 0.273 e. The Morgan fingerprint density at radius 3 is 2.81 bits per heavy atom. The first-order valence-electron chi connectivity index (χ1n) is 7.27. The van der Waals surface area contributed by atoms with Crippen LogP contribution in [-0.2, 0) is 11.3 Å². The second-order valence-electron chi connectivity index (χ2n) is 5.21. The van der Waals surface area contributed by atoms with Crippen molar-refractivity contribution >= 4 is 17.2 Å². The Hall–Kier alpha value is -1.02. The molecule has 1 fully saturated rings. The number of nitrogens with zero attached hydrogens (tertiary/aromatic N) is 3. The van der Waals surface area contributed by atoms with Gasteiger partial charge in [-0.25, -0.2) is 4.98 Å². The molecule has 1 aromatic rings. The number of thiazole rings is 1. The standard InChI is InChI=1S/C14H23N3O3S/c1-3-11(18)8-16-4-6-17(7-5-16)14(19)12-10-21-13(15-12)9-20-2/h10-11,18H,3-9H2,1-2H3/t11-/m1/s1. The molecule has 118 valence electrons. The molecule has 1 N–H and O–H groups in total. The monoisotopic (exact) mass is 313 g/mol. The van der Waals surface area contributed by atoms with Gasteiger partial charge in [0.1, 0.15) is 10.7 Å². The van der Waals surface area contributed by atoms with Gasteiger partial charge >= 0.3 is 0 Å². The number of aliphatic hydroxyl groups excluding tert-OH is 1. The molecule has 0 bridgehead atoms. The van der Waals surface area contributed by atoms with Crippen molar-refractivity contribution in [2.24, 2.45) is 0 Å². The number of rotatable bonds is 6. The molecular formula is C14H23N3O3S. The van der Waals surface area contributed by atoms with Gasteiger partial charge in [-0.05, 0) is 6.42 Å². The van der Waals surface area contributed by atoms with Crippen molar-refractivity contribution in [3.05, 3.63) is 16.1 Å². The van der Waals surface area contributed by atoms with Crippen molar-refractivity contribution in [3.63, 3.8) is 0 Å². The summed E-state index contributed by atoms with van der Waals surface area (Å²) in [5.74, 6) is -0.00991. The molecule has 1 aromatic heterocycles. The van der Waals surface area contributed by atoms with Crippen LogP contribution in [0.3, 0.4) is 0 Å². The van der Waals surface area contributed by atoms with E-state index in [2.05, 4.69) is 9.88 Å². The van der Waals surface area contributed by atoms with Gasteiger partial charge in [-0.1, -0.05) is 6.92 Å². The number of carbonyl (C=O) groups is 1. The van der Waals surface area contributed by atoms with Gasteiger partial charge in [0.05, 0.1) is 12.7 Å². The van der Waals surface area contributed by atoms with E-state index in [0.717, 1.165) is 24.5 Å². The number of hydrogen-bond acceptors (Lipinski definition) is 6. The number of β-amino-alcohol motifs (C(OH)–C–C–N with tert-alkyl or cyclic N) is 1. The van der Waals surface area contributed by atoms with Crippen LogP contribution in [-0.4, -0.2) is 71.7 Å². The summed E-state index contributed by atoms with van der Waals surface area (Å²) < 4.78 is 5.02. The fraction of sp³-hybridized carbons (Fsp3) is 0.714. The third kappa shape index (κ3) is 4.47. The van der Waals surface area contributed by atoms with Crippen LogP contribution in [0.1, 0.15) is 28.8 Å². The highest BCUT2D eigenvalue weighted by Crippen LogP contribution is 2.14. The van der Waals surface area contributed by atoms with Crippen molar-refractivity contribution < 1.29 is 14.6 Å². The number of amides is 1. The Bertz CT molecular complexity index is 458. The predicted octanol–water partition coefficient (Wildman–Crippen LogP) is 0.818. The normalized spacial score (nSPS) is 18.0. The summed E-state index contributed by atoms with van der Waals surface area (Å²) in [5, 5.41) is 12.3. The molecule has 0 aromatic carbocycles. The lowest BCUT2D eigenvalue weighted by Crippen LogP contribution is -2.50. The van der Waals surface area contributed by atoms with E-state index in [0.29, 0.717) is 31.9 Å². The highest BCUT2D eigenvalue weighted by Gasteiger charge is 2.24. The third-order valence-corrected chi connectivity index (χ3v) is 4.46. The average Bonchev–Trinajstić information content (AvgIpc) is 2.96. The van der Waals surface area contributed by atoms with Crippen LogP contribution in [0, 0.1) is 0 Å². The second-order valence-corrected chi connectivity index (χ2v) is 6.16. The number of aliphatic hydroxyl groups is 1. The summed E-state index contributed by atoms with van der Waals surface area (Å²) in [6, 6.07) is 0. The van der Waals surface area contributed by atoms with E-state index in [-0.39, 0.29) is 12.0 Å². The molecule has 7 heteroatoms. The lowest BCUT2D eigenvalue weighted by atomic mass is 10.2. The van der Waals surface area contributed by atoms with E-state index in [1.807, 2.05) is 11.8 Å². The minimum absolute atomic E-state index is 0.00991. The number of hydrogen-bond donors (Lipinski definition) is 1. The highest BCUT2D eigenvalue weighted by atomic mass is 32.1. The van der Waals surface area contributed by atoms with E-state index in [1.54, 1.807) is 12.5 Å². The number of ether oxygens (including phenoxy) is 1. The van der Waals surface area contributed by atoms with Crippen LogP contribution in [0.25, 0.3) is 0 Å². The largest absolute Gasteiger partial charge is 0.392 e. The van der Waals surface area contributed by atoms with Crippen LogP contribution < -0.4 is 0 Å². The molecule has 1 aliphatic rings. The zero-order chi connectivity index (χ0) is 15.2. The van der Waals surface area contributed by atoms with Crippen molar-refractivity contribution in [1.29, 1.82) is 0 Å². The molecule has 0 unspecified atom stereocenters. The Morgan fingerprint density at radius 2 is 2.19 bits per heavy atom. The van der Waals surface area contributed by atoms with Crippen LogP contribution in [0.2, 0.25) is 0 Å². The van der Waals surface area contributed by atoms with Crippen molar-refractivity contribution in [2.45, 2.75) is 26.1 Å². The first kappa shape index (κ1) is 16.4. The molecule has 1 aliphatic heterocycles. The van der Waals surface area contributed by atoms with Gasteiger partial charge in [-0.15, -0.1) is 11.3 Å². The van der Waals surface area contributed by atoms with Gasteiger partial charge in [0.25, 0.3) is 5.91 Å². The molecule has 1 amide bonds.